The molecule has 0 amide bonds. The number of rotatable bonds is 13. The molecule has 40 heavy (non-hydrogen) atoms. The fourth-order valence-electron chi connectivity index (χ4n) is 4.71. The number of benzene rings is 1. The third-order valence-electron chi connectivity index (χ3n) is 7.32. The lowest BCUT2D eigenvalue weighted by atomic mass is 9.95. The molecule has 1 aromatic carbocycles. The van der Waals surface area contributed by atoms with E-state index in [1.54, 1.807) is 0 Å². The zero-order valence-corrected chi connectivity index (χ0v) is 27.2. The van der Waals surface area contributed by atoms with Gasteiger partial charge in [0.25, 0.3) is 0 Å². The highest BCUT2D eigenvalue weighted by Crippen LogP contribution is 2.31. The van der Waals surface area contributed by atoms with Gasteiger partial charge in [0.1, 0.15) is 19.3 Å². The van der Waals surface area contributed by atoms with Crippen LogP contribution in [0.3, 0.4) is 0 Å². The molecule has 216 valence electrons. The van der Waals surface area contributed by atoms with Gasteiger partial charge >= 0.3 is 0 Å². The molecule has 1 N–H and O–H groups in total. The molecular weight excluding hydrogens is 533 g/mol. The number of aromatic nitrogens is 3. The maximum atomic E-state index is 9.27. The van der Waals surface area contributed by atoms with Gasteiger partial charge in [-0.3, -0.25) is 0 Å². The predicted octanol–water partition coefficient (Wildman–Crippen LogP) is 6.17. The van der Waals surface area contributed by atoms with Crippen LogP contribution in [0.1, 0.15) is 30.0 Å². The van der Waals surface area contributed by atoms with Crippen molar-refractivity contribution < 1.29 is 9.47 Å². The topological polar surface area (TPSA) is 87.7 Å². The van der Waals surface area contributed by atoms with Crippen LogP contribution in [0.25, 0.3) is 16.8 Å². The molecule has 0 radical (unpaired) electrons. The standard InChI is InChI=1S/C30H46N6O2Si2/c1-39(2,3)16-14-37-22-35(23-38-15-17-40(4,5)6)29-18-28(26-8-7-13-32-20-26)34-30-27(21-33-36(29)30)25-11-9-24(19-31)10-12-25/h9-12,18,21,26,32H,7-8,13-17,20,22-23H2,1-6H3. The normalized spacial score (nSPS) is 16.3. The van der Waals surface area contributed by atoms with Crippen LogP contribution in [0.4, 0.5) is 5.82 Å². The Morgan fingerprint density at radius 1 is 1.02 bits per heavy atom. The SMILES string of the molecule is C[Si](C)(C)CCOCN(COCC[Si](C)(C)C)c1cc(C2CCCNC2)nc2c(-c3ccc(C#N)cc3)cnn12. The lowest BCUT2D eigenvalue weighted by molar-refractivity contribution is 0.0942. The average molecular weight is 579 g/mol. The number of nitriles is 1. The van der Waals surface area contributed by atoms with Crippen LogP contribution in [-0.2, 0) is 9.47 Å². The zero-order valence-electron chi connectivity index (χ0n) is 25.2. The molecule has 1 fully saturated rings. The second kappa shape index (κ2) is 13.4. The number of nitrogens with zero attached hydrogens (tertiary/aromatic N) is 5. The summed E-state index contributed by atoms with van der Waals surface area (Å²) in [4.78, 5) is 7.34. The van der Waals surface area contributed by atoms with Gasteiger partial charge in [0.05, 0.1) is 23.5 Å². The molecule has 0 aliphatic carbocycles. The fraction of sp³-hybridized carbons (Fsp3) is 0.567. The van der Waals surface area contributed by atoms with Crippen LogP contribution in [0.5, 0.6) is 0 Å². The van der Waals surface area contributed by atoms with E-state index in [1.165, 1.54) is 0 Å². The molecule has 2 aromatic heterocycles. The molecule has 8 nitrogen and oxygen atoms in total. The Hall–Kier alpha value is -2.56. The third kappa shape index (κ3) is 8.47. The molecule has 0 saturated carbocycles. The lowest BCUT2D eigenvalue weighted by Crippen LogP contribution is -2.34. The van der Waals surface area contributed by atoms with E-state index < -0.39 is 16.1 Å². The van der Waals surface area contributed by atoms with Gasteiger partial charge in [-0.25, -0.2) is 4.98 Å². The van der Waals surface area contributed by atoms with Gasteiger partial charge in [0.2, 0.25) is 0 Å². The smallest absolute Gasteiger partial charge is 0.165 e. The first-order valence-corrected chi connectivity index (χ1v) is 22.0. The Kier molecular flexibility index (Phi) is 10.2. The van der Waals surface area contributed by atoms with Crippen LogP contribution in [0.2, 0.25) is 51.4 Å². The molecule has 1 aliphatic rings. The highest BCUT2D eigenvalue weighted by Gasteiger charge is 2.24. The van der Waals surface area contributed by atoms with Gasteiger partial charge in [-0.15, -0.1) is 0 Å². The molecule has 3 aromatic rings. The predicted molar refractivity (Wildman–Crippen MR) is 168 cm³/mol. The highest BCUT2D eigenvalue weighted by atomic mass is 28.3. The summed E-state index contributed by atoms with van der Waals surface area (Å²) in [7, 11) is -2.40. The summed E-state index contributed by atoms with van der Waals surface area (Å²) in [6, 6.07) is 14.3. The van der Waals surface area contributed by atoms with E-state index in [2.05, 4.69) is 61.6 Å². The van der Waals surface area contributed by atoms with Crippen molar-refractivity contribution in [2.24, 2.45) is 0 Å². The number of anilines is 1. The summed E-state index contributed by atoms with van der Waals surface area (Å²) in [6.45, 7) is 18.6. The Labute approximate surface area is 241 Å². The van der Waals surface area contributed by atoms with Crippen LogP contribution in [0, 0.1) is 11.3 Å². The third-order valence-corrected chi connectivity index (χ3v) is 10.7. The summed E-state index contributed by atoms with van der Waals surface area (Å²) in [5.41, 5.74) is 4.47. The fourth-order valence-corrected chi connectivity index (χ4v) is 6.22. The average Bonchev–Trinajstić information content (AvgIpc) is 3.35. The van der Waals surface area contributed by atoms with E-state index >= 15 is 0 Å². The van der Waals surface area contributed by atoms with E-state index in [9.17, 15) is 5.26 Å². The number of hydrogen-bond acceptors (Lipinski definition) is 7. The van der Waals surface area contributed by atoms with Crippen molar-refractivity contribution in [2.75, 3.05) is 44.7 Å². The van der Waals surface area contributed by atoms with Gasteiger partial charge in [-0.2, -0.15) is 14.9 Å². The first-order chi connectivity index (χ1) is 19.0. The number of hydrogen-bond donors (Lipinski definition) is 1. The Balaban J connectivity index is 1.71. The monoisotopic (exact) mass is 578 g/mol. The van der Waals surface area contributed by atoms with Crippen molar-refractivity contribution in [3.05, 3.63) is 47.8 Å². The van der Waals surface area contributed by atoms with Crippen molar-refractivity contribution >= 4 is 27.6 Å². The quantitative estimate of drug-likeness (QED) is 0.147. The first kappa shape index (κ1) is 30.4. The van der Waals surface area contributed by atoms with E-state index in [-0.39, 0.29) is 0 Å². The molecule has 0 spiro atoms. The van der Waals surface area contributed by atoms with Crippen molar-refractivity contribution in [3.63, 3.8) is 0 Å². The molecule has 1 aliphatic heterocycles. The van der Waals surface area contributed by atoms with Crippen molar-refractivity contribution in [2.45, 2.75) is 70.1 Å². The maximum absolute atomic E-state index is 9.27. The van der Waals surface area contributed by atoms with Gasteiger partial charge in [0.15, 0.2) is 5.65 Å². The van der Waals surface area contributed by atoms with E-state index in [0.717, 1.165) is 79.5 Å². The number of nitrogens with one attached hydrogen (secondary N) is 1. The minimum Gasteiger partial charge on any atom is -0.361 e. The van der Waals surface area contributed by atoms with Crippen molar-refractivity contribution in [1.82, 2.24) is 19.9 Å². The molecule has 1 atom stereocenters. The number of ether oxygens (including phenoxy) is 2. The van der Waals surface area contributed by atoms with E-state index in [0.29, 0.717) is 24.9 Å². The van der Waals surface area contributed by atoms with Gasteiger partial charge in [-0.05, 0) is 49.2 Å². The van der Waals surface area contributed by atoms with E-state index in [4.69, 9.17) is 19.6 Å². The lowest BCUT2D eigenvalue weighted by Gasteiger charge is -2.28. The molecule has 1 saturated heterocycles. The second-order valence-electron chi connectivity index (χ2n) is 13.3. The van der Waals surface area contributed by atoms with Crippen LogP contribution < -0.4 is 10.2 Å². The molecule has 10 heteroatoms. The molecular formula is C30H46N6O2Si2. The molecule has 1 unspecified atom stereocenters. The number of fused-ring (bicyclic) bond motifs is 1. The van der Waals surface area contributed by atoms with Crippen molar-refractivity contribution in [3.8, 4) is 17.2 Å². The zero-order chi connectivity index (χ0) is 28.8. The molecule has 3 heterocycles. The molecule has 4 rings (SSSR count). The Morgan fingerprint density at radius 3 is 2.23 bits per heavy atom. The van der Waals surface area contributed by atoms with Crippen LogP contribution in [0.15, 0.2) is 36.5 Å². The highest BCUT2D eigenvalue weighted by molar-refractivity contribution is 6.76. The second-order valence-corrected chi connectivity index (χ2v) is 24.5. The summed E-state index contributed by atoms with van der Waals surface area (Å²) >= 11 is 0. The van der Waals surface area contributed by atoms with Crippen molar-refractivity contribution in [1.29, 1.82) is 5.26 Å². The first-order valence-electron chi connectivity index (χ1n) is 14.5. The Bertz CT molecular complexity index is 1260. The summed E-state index contributed by atoms with van der Waals surface area (Å²) in [5, 5.41) is 17.6. The molecule has 0 bridgehead atoms. The van der Waals surface area contributed by atoms with Gasteiger partial charge < -0.3 is 19.7 Å². The minimum absolute atomic E-state index is 0.337. The van der Waals surface area contributed by atoms with Gasteiger partial charge in [-0.1, -0.05) is 51.4 Å². The number of piperidine rings is 1. The van der Waals surface area contributed by atoms with Crippen LogP contribution >= 0.6 is 0 Å². The summed E-state index contributed by atoms with van der Waals surface area (Å²) in [6.07, 6.45) is 4.12. The Morgan fingerprint density at radius 2 is 1.68 bits per heavy atom. The summed E-state index contributed by atoms with van der Waals surface area (Å²) in [5.74, 6) is 1.27. The van der Waals surface area contributed by atoms with E-state index in [1.807, 2.05) is 35.0 Å². The van der Waals surface area contributed by atoms with Crippen LogP contribution in [-0.4, -0.2) is 70.5 Å². The maximum Gasteiger partial charge on any atom is 0.165 e. The van der Waals surface area contributed by atoms with Gasteiger partial charge in [0, 0.05) is 53.5 Å². The summed E-state index contributed by atoms with van der Waals surface area (Å²) < 4.78 is 14.4. The minimum atomic E-state index is -1.20. The largest absolute Gasteiger partial charge is 0.361 e.